The van der Waals surface area contributed by atoms with Gasteiger partial charge in [0.15, 0.2) is 11.8 Å². The number of methoxy groups -OCH3 is 2. The van der Waals surface area contributed by atoms with Gasteiger partial charge >= 0.3 is 0 Å². The number of rotatable bonds is 11. The van der Waals surface area contributed by atoms with Gasteiger partial charge in [0.1, 0.15) is 17.0 Å². The molecule has 11 heteroatoms. The normalized spacial score (nSPS) is 11.5. The maximum Gasteiger partial charge on any atom is 0.225 e. The van der Waals surface area contributed by atoms with Crippen LogP contribution in [0.1, 0.15) is 43.1 Å². The fraction of sp³-hybridized carbons (Fsp3) is 0.250. The van der Waals surface area contributed by atoms with Crippen molar-refractivity contribution in [3.8, 4) is 33.8 Å². The molecule has 0 unspecified atom stereocenters. The molecule has 4 heterocycles. The number of aromatic nitrogens is 8. The van der Waals surface area contributed by atoms with E-state index in [0.717, 1.165) is 52.1 Å². The van der Waals surface area contributed by atoms with Crippen LogP contribution >= 0.6 is 0 Å². The Hall–Kier alpha value is -5.00. The number of aromatic amines is 1. The highest BCUT2D eigenvalue weighted by Crippen LogP contribution is 2.32. The minimum absolute atomic E-state index is 0.451. The number of ether oxygens (including phenoxy) is 2. The number of benzene rings is 2. The molecule has 11 nitrogen and oxygen atoms in total. The topological polar surface area (TPSA) is 131 Å². The zero-order valence-corrected chi connectivity index (χ0v) is 24.3. The number of unbranched alkanes of at least 4 members (excludes halogenated alkanes) is 1. The lowest BCUT2D eigenvalue weighted by Crippen LogP contribution is -2.28. The van der Waals surface area contributed by atoms with Crippen molar-refractivity contribution in [3.05, 3.63) is 101 Å². The Morgan fingerprint density at radius 1 is 0.930 bits per heavy atom. The fourth-order valence-corrected chi connectivity index (χ4v) is 5.32. The number of aryl methyl sites for hydroxylation is 1. The van der Waals surface area contributed by atoms with E-state index in [1.165, 1.54) is 6.20 Å². The van der Waals surface area contributed by atoms with Crippen molar-refractivity contribution in [1.82, 2.24) is 35.2 Å². The van der Waals surface area contributed by atoms with Crippen molar-refractivity contribution in [2.24, 2.45) is 0 Å². The van der Waals surface area contributed by atoms with Crippen molar-refractivity contribution < 1.29 is 14.2 Å². The zero-order chi connectivity index (χ0) is 29.8. The van der Waals surface area contributed by atoms with Crippen LogP contribution in [-0.4, -0.2) is 49.4 Å². The molecule has 0 amide bonds. The number of nitrogens with one attached hydrogen (secondary N) is 1. The first-order valence-corrected chi connectivity index (χ1v) is 14.2. The van der Waals surface area contributed by atoms with E-state index >= 15 is 0 Å². The predicted octanol–water partition coefficient (Wildman–Crippen LogP) is 5.26. The fourth-order valence-electron chi connectivity index (χ4n) is 5.32. The van der Waals surface area contributed by atoms with Gasteiger partial charge in [-0.25, -0.2) is 9.97 Å². The molecular formula is C32H32N8O3. The summed E-state index contributed by atoms with van der Waals surface area (Å²) >= 11 is 0. The number of hydrogen-bond donors (Lipinski definition) is 1. The largest absolute Gasteiger partial charge is 0.618 e. The molecule has 4 aromatic heterocycles. The van der Waals surface area contributed by atoms with Crippen LogP contribution < -0.4 is 4.73 Å². The third-order valence-electron chi connectivity index (χ3n) is 7.45. The maximum atomic E-state index is 12.7. The molecule has 0 bridgehead atoms. The number of imidazole rings is 1. The van der Waals surface area contributed by atoms with Gasteiger partial charge in [0, 0.05) is 38.3 Å². The molecule has 0 aliphatic heterocycles. The van der Waals surface area contributed by atoms with Crippen molar-refractivity contribution >= 4 is 11.2 Å². The molecule has 0 aliphatic rings. The first-order valence-electron chi connectivity index (χ1n) is 14.2. The first-order chi connectivity index (χ1) is 21.1. The van der Waals surface area contributed by atoms with Crippen molar-refractivity contribution in [2.45, 2.75) is 39.0 Å². The second-order valence-corrected chi connectivity index (χ2v) is 10.2. The van der Waals surface area contributed by atoms with E-state index in [-0.39, 0.29) is 0 Å². The lowest BCUT2D eigenvalue weighted by molar-refractivity contribution is -0.593. The van der Waals surface area contributed by atoms with E-state index in [0.29, 0.717) is 40.5 Å². The molecule has 0 aliphatic carbocycles. The molecule has 0 spiro atoms. The van der Waals surface area contributed by atoms with Crippen LogP contribution in [0.2, 0.25) is 0 Å². The second-order valence-electron chi connectivity index (χ2n) is 10.2. The van der Waals surface area contributed by atoms with Crippen LogP contribution in [0.4, 0.5) is 0 Å². The first kappa shape index (κ1) is 28.1. The SMILES string of the molecule is CCCCc1nc2cc(-c3cccc[n+]3[O-])c(C(OC)OC)nc2n1Cc1ccc(-c2ccccc2-c2nn[nH]n2)cc1. The molecule has 0 radical (unpaired) electrons. The van der Waals surface area contributed by atoms with E-state index in [1.807, 2.05) is 30.3 Å². The number of fused-ring (bicyclic) bond motifs is 1. The summed E-state index contributed by atoms with van der Waals surface area (Å²) < 4.78 is 14.2. The van der Waals surface area contributed by atoms with Crippen LogP contribution in [0.15, 0.2) is 79.0 Å². The van der Waals surface area contributed by atoms with Crippen LogP contribution in [0.25, 0.3) is 44.9 Å². The smallest absolute Gasteiger partial charge is 0.225 e. The number of H-pyrrole nitrogens is 1. The van der Waals surface area contributed by atoms with Crippen LogP contribution in [0.3, 0.4) is 0 Å². The van der Waals surface area contributed by atoms with Gasteiger partial charge in [-0.2, -0.15) is 9.94 Å². The molecule has 2 aromatic carbocycles. The summed E-state index contributed by atoms with van der Waals surface area (Å²) in [5, 5.41) is 27.3. The average Bonchev–Trinajstić information content (AvgIpc) is 3.70. The summed E-state index contributed by atoms with van der Waals surface area (Å²) in [5.74, 6) is 1.49. The quantitative estimate of drug-likeness (QED) is 0.126. The molecule has 0 fully saturated rings. The minimum atomic E-state index is -0.763. The van der Waals surface area contributed by atoms with Crippen LogP contribution in [-0.2, 0) is 22.4 Å². The monoisotopic (exact) mass is 576 g/mol. The van der Waals surface area contributed by atoms with Gasteiger partial charge in [-0.05, 0) is 40.5 Å². The molecular weight excluding hydrogens is 544 g/mol. The maximum absolute atomic E-state index is 12.7. The Morgan fingerprint density at radius 3 is 2.40 bits per heavy atom. The van der Waals surface area contributed by atoms with E-state index in [9.17, 15) is 5.21 Å². The van der Waals surface area contributed by atoms with Crippen LogP contribution in [0, 0.1) is 5.21 Å². The minimum Gasteiger partial charge on any atom is -0.618 e. The molecule has 43 heavy (non-hydrogen) atoms. The summed E-state index contributed by atoms with van der Waals surface area (Å²) in [6.07, 6.45) is 3.54. The molecule has 218 valence electrons. The summed E-state index contributed by atoms with van der Waals surface area (Å²) in [4.78, 5) is 10.0. The summed E-state index contributed by atoms with van der Waals surface area (Å²) in [7, 11) is 3.12. The second kappa shape index (κ2) is 12.5. The third kappa shape index (κ3) is 5.60. The number of nitrogens with zero attached hydrogens (tertiary/aromatic N) is 7. The summed E-state index contributed by atoms with van der Waals surface area (Å²) in [6.45, 7) is 2.74. The van der Waals surface area contributed by atoms with Gasteiger partial charge in [0.05, 0.1) is 12.1 Å². The van der Waals surface area contributed by atoms with E-state index in [4.69, 9.17) is 19.4 Å². The highest BCUT2D eigenvalue weighted by Gasteiger charge is 2.25. The number of tetrazole rings is 1. The van der Waals surface area contributed by atoms with E-state index in [1.54, 1.807) is 26.4 Å². The number of hydrogen-bond acceptors (Lipinski definition) is 8. The van der Waals surface area contributed by atoms with Gasteiger partial charge in [0.25, 0.3) is 0 Å². The lowest BCUT2D eigenvalue weighted by Gasteiger charge is -2.17. The Bertz CT molecular complexity index is 1830. The van der Waals surface area contributed by atoms with Crippen molar-refractivity contribution in [3.63, 3.8) is 0 Å². The lowest BCUT2D eigenvalue weighted by atomic mass is 9.98. The Balaban J connectivity index is 1.42. The predicted molar refractivity (Wildman–Crippen MR) is 161 cm³/mol. The third-order valence-corrected chi connectivity index (χ3v) is 7.45. The Morgan fingerprint density at radius 2 is 1.70 bits per heavy atom. The van der Waals surface area contributed by atoms with Crippen molar-refractivity contribution in [2.75, 3.05) is 14.2 Å². The summed E-state index contributed by atoms with van der Waals surface area (Å²) in [6, 6.07) is 23.6. The van der Waals surface area contributed by atoms with E-state index < -0.39 is 6.29 Å². The zero-order valence-electron chi connectivity index (χ0n) is 24.3. The molecule has 0 saturated carbocycles. The highest BCUT2D eigenvalue weighted by atomic mass is 16.7. The Kier molecular flexibility index (Phi) is 8.16. The molecule has 6 rings (SSSR count). The molecule has 0 saturated heterocycles. The van der Waals surface area contributed by atoms with Crippen LogP contribution in [0.5, 0.6) is 0 Å². The van der Waals surface area contributed by atoms with Gasteiger partial charge in [0.2, 0.25) is 17.8 Å². The Labute approximate surface area is 248 Å². The molecule has 6 aromatic rings. The van der Waals surface area contributed by atoms with Gasteiger partial charge in [-0.3, -0.25) is 0 Å². The standard InChI is InChI=1S/C32H32N8O3/c1-4-5-13-28-33-26-19-25(27-12-8-9-18-40(27)41)29(32(42-2)43-3)34-31(26)39(28)20-21-14-16-22(17-15-21)23-10-6-7-11-24(23)30-35-37-38-36-30/h6-12,14-19,32H,4-5,13,20H2,1-3H3,(H,35,36,37,38). The molecule has 1 N–H and O–H groups in total. The highest BCUT2D eigenvalue weighted by molar-refractivity contribution is 5.81. The summed E-state index contributed by atoms with van der Waals surface area (Å²) in [5.41, 5.74) is 7.09. The average molecular weight is 577 g/mol. The van der Waals surface area contributed by atoms with Crippen molar-refractivity contribution in [1.29, 1.82) is 0 Å². The van der Waals surface area contributed by atoms with Gasteiger partial charge < -0.3 is 19.2 Å². The molecule has 0 atom stereocenters. The van der Waals surface area contributed by atoms with Gasteiger partial charge in [-0.15, -0.1) is 10.2 Å². The number of pyridine rings is 2. The van der Waals surface area contributed by atoms with Gasteiger partial charge in [-0.1, -0.05) is 61.9 Å². The van der Waals surface area contributed by atoms with E-state index in [2.05, 4.69) is 62.4 Å².